The van der Waals surface area contributed by atoms with Crippen molar-refractivity contribution in [2.75, 3.05) is 26.8 Å². The molecule has 0 atom stereocenters. The highest BCUT2D eigenvalue weighted by molar-refractivity contribution is 9.10. The maximum atomic E-state index is 11.8. The average Bonchev–Trinajstić information content (AvgIpc) is 2.39. The molecule has 0 radical (unpaired) electrons. The SMILES string of the molecule is CCN(CC)C(=O)COc1cccc(OC)c1Br. The minimum Gasteiger partial charge on any atom is -0.495 e. The maximum Gasteiger partial charge on any atom is 0.260 e. The summed E-state index contributed by atoms with van der Waals surface area (Å²) in [5.74, 6) is 1.27. The van der Waals surface area contributed by atoms with Crippen molar-refractivity contribution in [1.29, 1.82) is 0 Å². The van der Waals surface area contributed by atoms with Gasteiger partial charge in [-0.15, -0.1) is 0 Å². The number of carbonyl (C=O) groups is 1. The van der Waals surface area contributed by atoms with Crippen LogP contribution in [0, 0.1) is 0 Å². The molecule has 0 saturated carbocycles. The molecule has 0 N–H and O–H groups in total. The van der Waals surface area contributed by atoms with Crippen LogP contribution in [0.4, 0.5) is 0 Å². The Bertz CT molecular complexity index is 405. The van der Waals surface area contributed by atoms with Gasteiger partial charge in [0.25, 0.3) is 5.91 Å². The van der Waals surface area contributed by atoms with Crippen LogP contribution < -0.4 is 9.47 Å². The van der Waals surface area contributed by atoms with E-state index in [2.05, 4.69) is 15.9 Å². The third-order valence-electron chi connectivity index (χ3n) is 2.62. The van der Waals surface area contributed by atoms with Gasteiger partial charge in [-0.3, -0.25) is 4.79 Å². The normalized spacial score (nSPS) is 10.0. The van der Waals surface area contributed by atoms with Crippen molar-refractivity contribution < 1.29 is 14.3 Å². The monoisotopic (exact) mass is 315 g/mol. The Morgan fingerprint density at radius 2 is 1.89 bits per heavy atom. The van der Waals surface area contributed by atoms with E-state index in [1.807, 2.05) is 26.0 Å². The lowest BCUT2D eigenvalue weighted by atomic mass is 10.3. The van der Waals surface area contributed by atoms with E-state index in [-0.39, 0.29) is 12.5 Å². The van der Waals surface area contributed by atoms with Crippen molar-refractivity contribution in [2.45, 2.75) is 13.8 Å². The van der Waals surface area contributed by atoms with E-state index < -0.39 is 0 Å². The third kappa shape index (κ3) is 3.63. The number of amides is 1. The molecule has 0 fully saturated rings. The van der Waals surface area contributed by atoms with Gasteiger partial charge in [-0.05, 0) is 41.9 Å². The Morgan fingerprint density at radius 1 is 1.28 bits per heavy atom. The molecule has 5 heteroatoms. The van der Waals surface area contributed by atoms with E-state index in [1.54, 1.807) is 18.1 Å². The van der Waals surface area contributed by atoms with Crippen LogP contribution in [-0.4, -0.2) is 37.6 Å². The predicted molar refractivity (Wildman–Crippen MR) is 74.1 cm³/mol. The Balaban J connectivity index is 2.66. The Morgan fingerprint density at radius 3 is 2.44 bits per heavy atom. The molecule has 0 unspecified atom stereocenters. The number of halogens is 1. The number of rotatable bonds is 6. The smallest absolute Gasteiger partial charge is 0.260 e. The fourth-order valence-electron chi connectivity index (χ4n) is 1.57. The highest BCUT2D eigenvalue weighted by atomic mass is 79.9. The number of methoxy groups -OCH3 is 1. The van der Waals surface area contributed by atoms with E-state index in [9.17, 15) is 4.79 Å². The van der Waals surface area contributed by atoms with Gasteiger partial charge >= 0.3 is 0 Å². The number of hydrogen-bond donors (Lipinski definition) is 0. The van der Waals surface area contributed by atoms with Gasteiger partial charge < -0.3 is 14.4 Å². The van der Waals surface area contributed by atoms with Crippen molar-refractivity contribution >= 4 is 21.8 Å². The van der Waals surface area contributed by atoms with Crippen LogP contribution in [0.1, 0.15) is 13.8 Å². The van der Waals surface area contributed by atoms with Crippen molar-refractivity contribution in [3.63, 3.8) is 0 Å². The van der Waals surface area contributed by atoms with Crippen molar-refractivity contribution in [1.82, 2.24) is 4.90 Å². The lowest BCUT2D eigenvalue weighted by Crippen LogP contribution is -2.34. The molecule has 100 valence electrons. The van der Waals surface area contributed by atoms with Gasteiger partial charge in [0, 0.05) is 13.1 Å². The number of benzene rings is 1. The summed E-state index contributed by atoms with van der Waals surface area (Å²) in [6.07, 6.45) is 0. The molecule has 0 aliphatic rings. The molecule has 0 aromatic heterocycles. The zero-order valence-corrected chi connectivity index (χ0v) is 12.5. The zero-order valence-electron chi connectivity index (χ0n) is 10.9. The first-order valence-corrected chi connectivity index (χ1v) is 6.66. The third-order valence-corrected chi connectivity index (χ3v) is 3.40. The van der Waals surface area contributed by atoms with Gasteiger partial charge in [0.15, 0.2) is 6.61 Å². The summed E-state index contributed by atoms with van der Waals surface area (Å²) in [6, 6.07) is 5.44. The van der Waals surface area contributed by atoms with Gasteiger partial charge in [-0.2, -0.15) is 0 Å². The van der Waals surface area contributed by atoms with E-state index in [4.69, 9.17) is 9.47 Å². The summed E-state index contributed by atoms with van der Waals surface area (Å²) in [5.41, 5.74) is 0. The summed E-state index contributed by atoms with van der Waals surface area (Å²) < 4.78 is 11.4. The number of ether oxygens (including phenoxy) is 2. The standard InChI is InChI=1S/C13H18BrNO3/c1-4-15(5-2)12(16)9-18-11-8-6-7-10(17-3)13(11)14/h6-8H,4-5,9H2,1-3H3. The van der Waals surface area contributed by atoms with Gasteiger partial charge in [0.1, 0.15) is 16.0 Å². The first-order valence-electron chi connectivity index (χ1n) is 5.87. The quantitative estimate of drug-likeness (QED) is 0.810. The van der Waals surface area contributed by atoms with Crippen molar-refractivity contribution in [3.8, 4) is 11.5 Å². The van der Waals surface area contributed by atoms with E-state index in [1.165, 1.54) is 0 Å². The molecular weight excluding hydrogens is 298 g/mol. The summed E-state index contributed by atoms with van der Waals surface area (Å²) in [4.78, 5) is 13.5. The molecule has 0 bridgehead atoms. The number of carbonyl (C=O) groups excluding carboxylic acids is 1. The largest absolute Gasteiger partial charge is 0.495 e. The van der Waals surface area contributed by atoms with Crippen LogP contribution in [0.25, 0.3) is 0 Å². The average molecular weight is 316 g/mol. The van der Waals surface area contributed by atoms with Gasteiger partial charge in [0.05, 0.1) is 7.11 Å². The molecule has 0 spiro atoms. The van der Waals surface area contributed by atoms with Crippen LogP contribution in [0.2, 0.25) is 0 Å². The topological polar surface area (TPSA) is 38.8 Å². The summed E-state index contributed by atoms with van der Waals surface area (Å²) in [5, 5.41) is 0. The zero-order chi connectivity index (χ0) is 13.5. The molecular formula is C13H18BrNO3. The number of nitrogens with zero attached hydrogens (tertiary/aromatic N) is 1. The predicted octanol–water partition coefficient (Wildman–Crippen LogP) is 2.70. The fraction of sp³-hybridized carbons (Fsp3) is 0.462. The van der Waals surface area contributed by atoms with Crippen LogP contribution in [0.5, 0.6) is 11.5 Å². The summed E-state index contributed by atoms with van der Waals surface area (Å²) in [6.45, 7) is 5.31. The maximum absolute atomic E-state index is 11.8. The number of likely N-dealkylation sites (N-methyl/N-ethyl adjacent to an activating group) is 1. The molecule has 18 heavy (non-hydrogen) atoms. The second kappa shape index (κ2) is 7.26. The molecule has 0 aliphatic carbocycles. The first-order chi connectivity index (χ1) is 8.63. The first kappa shape index (κ1) is 14.8. The minimum atomic E-state index is -0.0188. The molecule has 1 aromatic rings. The van der Waals surface area contributed by atoms with Crippen LogP contribution in [-0.2, 0) is 4.79 Å². The minimum absolute atomic E-state index is 0.0188. The second-order valence-corrected chi connectivity index (χ2v) is 4.42. The van der Waals surface area contributed by atoms with E-state index in [0.717, 1.165) is 4.47 Å². The summed E-state index contributed by atoms with van der Waals surface area (Å²) in [7, 11) is 1.59. The highest BCUT2D eigenvalue weighted by Gasteiger charge is 2.12. The molecule has 1 amide bonds. The molecule has 1 rings (SSSR count). The Kier molecular flexibility index (Phi) is 5.98. The molecule has 1 aromatic carbocycles. The molecule has 0 aliphatic heterocycles. The van der Waals surface area contributed by atoms with E-state index in [0.29, 0.717) is 24.6 Å². The van der Waals surface area contributed by atoms with Crippen molar-refractivity contribution in [3.05, 3.63) is 22.7 Å². The van der Waals surface area contributed by atoms with Crippen molar-refractivity contribution in [2.24, 2.45) is 0 Å². The molecule has 0 saturated heterocycles. The second-order valence-electron chi connectivity index (χ2n) is 3.63. The highest BCUT2D eigenvalue weighted by Crippen LogP contribution is 2.33. The summed E-state index contributed by atoms with van der Waals surface area (Å²) >= 11 is 3.39. The van der Waals surface area contributed by atoms with E-state index >= 15 is 0 Å². The lowest BCUT2D eigenvalue weighted by molar-refractivity contribution is -0.132. The van der Waals surface area contributed by atoms with Crippen LogP contribution in [0.15, 0.2) is 22.7 Å². The van der Waals surface area contributed by atoms with Crippen LogP contribution in [0.3, 0.4) is 0 Å². The van der Waals surface area contributed by atoms with Gasteiger partial charge in [-0.1, -0.05) is 6.07 Å². The number of hydrogen-bond acceptors (Lipinski definition) is 3. The lowest BCUT2D eigenvalue weighted by Gasteiger charge is -2.19. The Hall–Kier alpha value is -1.23. The Labute approximate surface area is 116 Å². The van der Waals surface area contributed by atoms with Crippen LogP contribution >= 0.6 is 15.9 Å². The molecule has 0 heterocycles. The molecule has 4 nitrogen and oxygen atoms in total. The van der Waals surface area contributed by atoms with Gasteiger partial charge in [0.2, 0.25) is 0 Å². The fourth-order valence-corrected chi connectivity index (χ4v) is 2.11. The van der Waals surface area contributed by atoms with Gasteiger partial charge in [-0.25, -0.2) is 0 Å².